The average Bonchev–Trinajstić information content (AvgIpc) is 2.39. The third kappa shape index (κ3) is 3.32. The quantitative estimate of drug-likeness (QED) is 0.850. The standard InChI is InChI=1S/C13H22N4O/c1-9(11-5-4-6-14-8-11)15-12-7-13(18-3)17-10(2)16-12/h7,9,11,14H,4-6,8H2,1-3H3,(H,15,16,17). The molecule has 2 atom stereocenters. The summed E-state index contributed by atoms with van der Waals surface area (Å²) in [5.41, 5.74) is 0. The van der Waals surface area contributed by atoms with Gasteiger partial charge in [0.15, 0.2) is 0 Å². The molecule has 1 saturated heterocycles. The summed E-state index contributed by atoms with van der Waals surface area (Å²) in [5, 5.41) is 6.89. The van der Waals surface area contributed by atoms with E-state index in [4.69, 9.17) is 4.74 Å². The molecule has 0 saturated carbocycles. The van der Waals surface area contributed by atoms with Crippen molar-refractivity contribution in [1.29, 1.82) is 0 Å². The molecule has 5 heteroatoms. The fourth-order valence-corrected chi connectivity index (χ4v) is 2.38. The topological polar surface area (TPSA) is 59.1 Å². The van der Waals surface area contributed by atoms with Gasteiger partial charge in [0.25, 0.3) is 0 Å². The van der Waals surface area contributed by atoms with Crippen LogP contribution in [0.5, 0.6) is 5.88 Å². The first-order chi connectivity index (χ1) is 8.69. The van der Waals surface area contributed by atoms with E-state index in [0.717, 1.165) is 24.7 Å². The van der Waals surface area contributed by atoms with Crippen LogP contribution in [0.2, 0.25) is 0 Å². The lowest BCUT2D eigenvalue weighted by Crippen LogP contribution is -2.38. The number of ether oxygens (including phenoxy) is 1. The molecule has 2 N–H and O–H groups in total. The maximum absolute atomic E-state index is 5.16. The SMILES string of the molecule is COc1cc(NC(C)C2CCCNC2)nc(C)n1. The maximum Gasteiger partial charge on any atom is 0.218 e. The lowest BCUT2D eigenvalue weighted by atomic mass is 9.93. The van der Waals surface area contributed by atoms with Crippen molar-refractivity contribution in [2.75, 3.05) is 25.5 Å². The van der Waals surface area contributed by atoms with Gasteiger partial charge < -0.3 is 15.4 Å². The van der Waals surface area contributed by atoms with Gasteiger partial charge in [-0.05, 0) is 45.7 Å². The van der Waals surface area contributed by atoms with Crippen molar-refractivity contribution in [3.8, 4) is 5.88 Å². The van der Waals surface area contributed by atoms with Gasteiger partial charge in [-0.2, -0.15) is 4.98 Å². The van der Waals surface area contributed by atoms with Crippen LogP contribution in [0.3, 0.4) is 0 Å². The second kappa shape index (κ2) is 6.00. The van der Waals surface area contributed by atoms with Crippen molar-refractivity contribution in [3.05, 3.63) is 11.9 Å². The van der Waals surface area contributed by atoms with E-state index in [-0.39, 0.29) is 0 Å². The van der Waals surface area contributed by atoms with Gasteiger partial charge in [0.1, 0.15) is 11.6 Å². The van der Waals surface area contributed by atoms with Crippen LogP contribution in [-0.4, -0.2) is 36.2 Å². The highest BCUT2D eigenvalue weighted by atomic mass is 16.5. The highest BCUT2D eigenvalue weighted by Gasteiger charge is 2.20. The van der Waals surface area contributed by atoms with Gasteiger partial charge >= 0.3 is 0 Å². The lowest BCUT2D eigenvalue weighted by Gasteiger charge is -2.29. The van der Waals surface area contributed by atoms with Crippen molar-refractivity contribution in [2.45, 2.75) is 32.7 Å². The predicted octanol–water partition coefficient (Wildman–Crippen LogP) is 1.59. The van der Waals surface area contributed by atoms with Crippen LogP contribution < -0.4 is 15.4 Å². The summed E-state index contributed by atoms with van der Waals surface area (Å²) < 4.78 is 5.16. The van der Waals surface area contributed by atoms with Gasteiger partial charge in [-0.3, -0.25) is 0 Å². The van der Waals surface area contributed by atoms with E-state index in [0.29, 0.717) is 17.8 Å². The first-order valence-corrected chi connectivity index (χ1v) is 6.56. The van der Waals surface area contributed by atoms with Gasteiger partial charge in [-0.25, -0.2) is 4.98 Å². The van der Waals surface area contributed by atoms with E-state index in [1.807, 2.05) is 13.0 Å². The Hall–Kier alpha value is -1.36. The number of aromatic nitrogens is 2. The highest BCUT2D eigenvalue weighted by Crippen LogP contribution is 2.19. The number of hydrogen-bond donors (Lipinski definition) is 2. The van der Waals surface area contributed by atoms with Gasteiger partial charge in [-0.15, -0.1) is 0 Å². The van der Waals surface area contributed by atoms with E-state index >= 15 is 0 Å². The van der Waals surface area contributed by atoms with Crippen molar-refractivity contribution in [1.82, 2.24) is 15.3 Å². The summed E-state index contributed by atoms with van der Waals surface area (Å²) in [7, 11) is 1.63. The van der Waals surface area contributed by atoms with Gasteiger partial charge in [-0.1, -0.05) is 0 Å². The molecule has 0 aliphatic carbocycles. The molecule has 0 radical (unpaired) electrons. The summed E-state index contributed by atoms with van der Waals surface area (Å²) in [4.78, 5) is 8.58. The van der Waals surface area contributed by atoms with E-state index in [1.54, 1.807) is 7.11 Å². The lowest BCUT2D eigenvalue weighted by molar-refractivity contribution is 0.346. The minimum Gasteiger partial charge on any atom is -0.481 e. The van der Waals surface area contributed by atoms with Crippen molar-refractivity contribution < 1.29 is 4.74 Å². The molecule has 1 aromatic heterocycles. The Morgan fingerprint density at radius 2 is 2.33 bits per heavy atom. The van der Waals surface area contributed by atoms with Crippen molar-refractivity contribution in [3.63, 3.8) is 0 Å². The first-order valence-electron chi connectivity index (χ1n) is 6.56. The second-order valence-electron chi connectivity index (χ2n) is 4.88. The Morgan fingerprint density at radius 1 is 1.50 bits per heavy atom. The Kier molecular flexibility index (Phi) is 4.36. The molecule has 1 aliphatic rings. The van der Waals surface area contributed by atoms with Gasteiger partial charge in [0.05, 0.1) is 7.11 Å². The van der Waals surface area contributed by atoms with Crippen LogP contribution in [0.1, 0.15) is 25.6 Å². The summed E-state index contributed by atoms with van der Waals surface area (Å²) in [6.07, 6.45) is 2.52. The fourth-order valence-electron chi connectivity index (χ4n) is 2.38. The van der Waals surface area contributed by atoms with E-state index < -0.39 is 0 Å². The number of methoxy groups -OCH3 is 1. The van der Waals surface area contributed by atoms with Gasteiger partial charge in [0, 0.05) is 12.1 Å². The molecule has 18 heavy (non-hydrogen) atoms. The maximum atomic E-state index is 5.16. The molecule has 1 fully saturated rings. The zero-order valence-electron chi connectivity index (χ0n) is 11.4. The number of anilines is 1. The van der Waals surface area contributed by atoms with E-state index in [2.05, 4.69) is 27.5 Å². The number of hydrogen-bond acceptors (Lipinski definition) is 5. The molecule has 2 heterocycles. The van der Waals surface area contributed by atoms with Crippen LogP contribution in [0.25, 0.3) is 0 Å². The molecule has 1 aliphatic heterocycles. The summed E-state index contributed by atoms with van der Waals surface area (Å²) in [6.45, 7) is 6.31. The molecule has 0 bridgehead atoms. The number of aryl methyl sites for hydroxylation is 1. The van der Waals surface area contributed by atoms with E-state index in [9.17, 15) is 0 Å². The van der Waals surface area contributed by atoms with Crippen LogP contribution in [0.15, 0.2) is 6.07 Å². The Bertz CT molecular complexity index is 391. The normalized spacial score (nSPS) is 21.4. The fraction of sp³-hybridized carbons (Fsp3) is 0.692. The Labute approximate surface area is 108 Å². The Morgan fingerprint density at radius 3 is 3.00 bits per heavy atom. The monoisotopic (exact) mass is 250 g/mol. The third-order valence-electron chi connectivity index (χ3n) is 3.44. The van der Waals surface area contributed by atoms with Gasteiger partial charge in [0.2, 0.25) is 5.88 Å². The van der Waals surface area contributed by atoms with Crippen LogP contribution in [-0.2, 0) is 0 Å². The summed E-state index contributed by atoms with van der Waals surface area (Å²) >= 11 is 0. The van der Waals surface area contributed by atoms with E-state index in [1.165, 1.54) is 12.8 Å². The third-order valence-corrected chi connectivity index (χ3v) is 3.44. The average molecular weight is 250 g/mol. The number of nitrogens with zero attached hydrogens (tertiary/aromatic N) is 2. The molecule has 100 valence electrons. The smallest absolute Gasteiger partial charge is 0.218 e. The van der Waals surface area contributed by atoms with Crippen LogP contribution in [0, 0.1) is 12.8 Å². The molecule has 2 unspecified atom stereocenters. The summed E-state index contributed by atoms with van der Waals surface area (Å²) in [6, 6.07) is 2.25. The minimum atomic E-state index is 0.400. The molecule has 0 aromatic carbocycles. The second-order valence-corrected chi connectivity index (χ2v) is 4.88. The molecule has 0 amide bonds. The predicted molar refractivity (Wildman–Crippen MR) is 72.0 cm³/mol. The zero-order valence-corrected chi connectivity index (χ0v) is 11.4. The van der Waals surface area contributed by atoms with Crippen LogP contribution in [0.4, 0.5) is 5.82 Å². The summed E-state index contributed by atoms with van der Waals surface area (Å²) in [5.74, 6) is 2.84. The molecule has 1 aromatic rings. The number of nitrogens with one attached hydrogen (secondary N) is 2. The molecular weight excluding hydrogens is 228 g/mol. The minimum absolute atomic E-state index is 0.400. The molecule has 0 spiro atoms. The largest absolute Gasteiger partial charge is 0.481 e. The Balaban J connectivity index is 2.01. The number of piperidine rings is 1. The molecule has 5 nitrogen and oxygen atoms in total. The van der Waals surface area contributed by atoms with Crippen molar-refractivity contribution >= 4 is 5.82 Å². The number of rotatable bonds is 4. The van der Waals surface area contributed by atoms with Crippen molar-refractivity contribution in [2.24, 2.45) is 5.92 Å². The first kappa shape index (κ1) is 13.1. The van der Waals surface area contributed by atoms with Crippen LogP contribution >= 0.6 is 0 Å². The molecule has 2 rings (SSSR count). The zero-order chi connectivity index (χ0) is 13.0. The molecular formula is C13H22N4O. The highest BCUT2D eigenvalue weighted by molar-refractivity contribution is 5.39.